The average molecular weight is 672 g/mol. The van der Waals surface area contributed by atoms with Gasteiger partial charge in [-0.25, -0.2) is 9.48 Å². The molecule has 2 amide bonds. The monoisotopic (exact) mass is 671 g/mol. The number of phenols is 1. The maximum atomic E-state index is 13.3. The second-order valence-corrected chi connectivity index (χ2v) is 13.4. The third-order valence-electron chi connectivity index (χ3n) is 7.67. The van der Waals surface area contributed by atoms with Crippen molar-refractivity contribution >= 4 is 35.2 Å². The van der Waals surface area contributed by atoms with Crippen molar-refractivity contribution in [1.82, 2.24) is 19.7 Å². The van der Waals surface area contributed by atoms with E-state index in [2.05, 4.69) is 10.6 Å². The Morgan fingerprint density at radius 2 is 1.68 bits per heavy atom. The number of anilines is 1. The minimum absolute atomic E-state index is 0.0187. The third-order valence-corrected chi connectivity index (χ3v) is 8.86. The summed E-state index contributed by atoms with van der Waals surface area (Å²) in [7, 11) is 0. The Morgan fingerprint density at radius 1 is 0.979 bits per heavy atom. The predicted molar refractivity (Wildman–Crippen MR) is 188 cm³/mol. The molecule has 244 valence electrons. The number of nitrogens with zero attached hydrogens (tertiary/aromatic N) is 3. The van der Waals surface area contributed by atoms with Crippen LogP contribution in [0.15, 0.2) is 94.6 Å². The van der Waals surface area contributed by atoms with Gasteiger partial charge in [0, 0.05) is 40.7 Å². The van der Waals surface area contributed by atoms with Gasteiger partial charge in [-0.3, -0.25) is 10.1 Å². The minimum Gasteiger partial charge on any atom is -0.508 e. The second-order valence-electron chi connectivity index (χ2n) is 12.1. The maximum absolute atomic E-state index is 13.3. The van der Waals surface area contributed by atoms with E-state index < -0.39 is 6.03 Å². The molecule has 11 heteroatoms. The lowest BCUT2D eigenvalue weighted by Crippen LogP contribution is -2.29. The van der Waals surface area contributed by atoms with Crippen LogP contribution in [-0.4, -0.2) is 31.7 Å². The van der Waals surface area contributed by atoms with Gasteiger partial charge in [0.2, 0.25) is 0 Å². The summed E-state index contributed by atoms with van der Waals surface area (Å²) in [4.78, 5) is 27.5. The molecule has 3 aromatic carbocycles. The molecular weight excluding hydrogens is 634 g/mol. The van der Waals surface area contributed by atoms with Gasteiger partial charge in [-0.05, 0) is 48.1 Å². The average Bonchev–Trinajstić information content (AvgIpc) is 3.48. The van der Waals surface area contributed by atoms with Crippen molar-refractivity contribution < 1.29 is 14.6 Å². The van der Waals surface area contributed by atoms with Crippen molar-refractivity contribution in [3.63, 3.8) is 0 Å². The van der Waals surface area contributed by atoms with Crippen molar-refractivity contribution in [2.45, 2.75) is 57.7 Å². The Kier molecular flexibility index (Phi) is 10.3. The number of thioether (sulfide) groups is 1. The van der Waals surface area contributed by atoms with Crippen LogP contribution < -0.4 is 20.9 Å². The van der Waals surface area contributed by atoms with Gasteiger partial charge in [0.1, 0.15) is 28.9 Å². The number of aromatic nitrogens is 3. The van der Waals surface area contributed by atoms with Crippen molar-refractivity contribution in [2.24, 2.45) is 0 Å². The number of rotatable bonds is 10. The van der Waals surface area contributed by atoms with E-state index in [-0.39, 0.29) is 34.9 Å². The normalized spacial score (nSPS) is 11.4. The van der Waals surface area contributed by atoms with Crippen LogP contribution in [0.1, 0.15) is 48.8 Å². The highest BCUT2D eigenvalue weighted by atomic mass is 35.5. The van der Waals surface area contributed by atoms with Crippen molar-refractivity contribution in [2.75, 3.05) is 11.6 Å². The Hall–Kier alpha value is -4.67. The summed E-state index contributed by atoms with van der Waals surface area (Å²) >= 11 is 8.17. The van der Waals surface area contributed by atoms with Gasteiger partial charge in [-0.2, -0.15) is 5.10 Å². The Bertz CT molecular complexity index is 1960. The molecule has 2 heterocycles. The van der Waals surface area contributed by atoms with Gasteiger partial charge >= 0.3 is 6.03 Å². The van der Waals surface area contributed by atoms with Crippen molar-refractivity contribution in [3.05, 3.63) is 128 Å². The van der Waals surface area contributed by atoms with E-state index in [9.17, 15) is 14.7 Å². The molecule has 0 radical (unpaired) electrons. The number of aromatic hydroxyl groups is 1. The van der Waals surface area contributed by atoms with Crippen LogP contribution in [0.4, 0.5) is 10.6 Å². The molecule has 5 aromatic rings. The first kappa shape index (κ1) is 33.7. The van der Waals surface area contributed by atoms with Gasteiger partial charge in [-0.1, -0.05) is 80.9 Å². The number of aryl methyl sites for hydroxylation is 1. The number of halogens is 1. The number of hydrogen-bond donors (Lipinski definition) is 3. The second kappa shape index (κ2) is 14.4. The summed E-state index contributed by atoms with van der Waals surface area (Å²) in [6.45, 7) is 8.76. The highest BCUT2D eigenvalue weighted by Gasteiger charge is 2.22. The molecule has 0 saturated carbocycles. The van der Waals surface area contributed by atoms with Gasteiger partial charge in [0.25, 0.3) is 5.56 Å². The van der Waals surface area contributed by atoms with Crippen LogP contribution in [-0.2, 0) is 25.1 Å². The van der Waals surface area contributed by atoms with Crippen LogP contribution in [0.3, 0.4) is 0 Å². The standard InChI is InChI=1S/C36H38ClN5O4S/c1-23-17-29(33(37)34(44)41(23)21-25-12-8-9-16-30(25)47-5)46-22-26-13-7-6-11-24(26)20-38-35(45)39-32-19-31(36(2,3)4)40-42(32)27-14-10-15-28(43)18-27/h6-19,43H,20-22H2,1-5H3,(H2,38,39,45). The molecule has 0 spiro atoms. The van der Waals surface area contributed by atoms with E-state index in [0.717, 1.165) is 33.0 Å². The van der Waals surface area contributed by atoms with Crippen LogP contribution in [0.5, 0.6) is 11.5 Å². The fourth-order valence-corrected chi connectivity index (χ4v) is 5.86. The first-order valence-electron chi connectivity index (χ1n) is 15.1. The zero-order chi connectivity index (χ0) is 33.7. The van der Waals surface area contributed by atoms with Crippen LogP contribution in [0.25, 0.3) is 5.69 Å². The fourth-order valence-electron chi connectivity index (χ4n) is 5.04. The zero-order valence-electron chi connectivity index (χ0n) is 27.0. The SMILES string of the molecule is CSc1ccccc1Cn1c(C)cc(OCc2ccccc2CNC(=O)Nc2cc(C(C)(C)C)nn2-c2cccc(O)c2)c(Cl)c1=O. The summed E-state index contributed by atoms with van der Waals surface area (Å²) < 4.78 is 9.33. The molecule has 0 aliphatic rings. The molecule has 0 atom stereocenters. The van der Waals surface area contributed by atoms with E-state index in [4.69, 9.17) is 21.4 Å². The highest BCUT2D eigenvalue weighted by molar-refractivity contribution is 7.98. The molecule has 0 bridgehead atoms. The van der Waals surface area contributed by atoms with Gasteiger partial charge in [0.15, 0.2) is 0 Å². The number of nitrogens with one attached hydrogen (secondary N) is 2. The number of amides is 2. The number of benzene rings is 3. The zero-order valence-corrected chi connectivity index (χ0v) is 28.6. The molecule has 47 heavy (non-hydrogen) atoms. The van der Waals surface area contributed by atoms with Gasteiger partial charge in [0.05, 0.1) is 17.9 Å². The molecule has 3 N–H and O–H groups in total. The van der Waals surface area contributed by atoms with Crippen LogP contribution >= 0.6 is 23.4 Å². The number of ether oxygens (including phenoxy) is 1. The molecule has 0 aliphatic heterocycles. The molecule has 0 saturated heterocycles. The molecule has 0 fully saturated rings. The molecular formula is C36H38ClN5O4S. The molecule has 0 aliphatic carbocycles. The lowest BCUT2D eigenvalue weighted by Gasteiger charge is -2.17. The first-order chi connectivity index (χ1) is 22.4. The van der Waals surface area contributed by atoms with Gasteiger partial charge in [-0.15, -0.1) is 11.8 Å². The number of hydrogen-bond acceptors (Lipinski definition) is 6. The summed E-state index contributed by atoms with van der Waals surface area (Å²) in [5.41, 5.74) is 4.27. The Labute approximate surface area is 283 Å². The number of carbonyl (C=O) groups excluding carboxylic acids is 1. The fraction of sp³-hybridized carbons (Fsp3) is 0.250. The molecule has 5 rings (SSSR count). The number of phenolic OH excluding ortho intramolecular Hbond substituents is 1. The van der Waals surface area contributed by atoms with Gasteiger partial charge < -0.3 is 19.7 Å². The number of pyridine rings is 1. The first-order valence-corrected chi connectivity index (χ1v) is 16.7. The third kappa shape index (κ3) is 8.01. The quantitative estimate of drug-likeness (QED) is 0.132. The topological polar surface area (TPSA) is 110 Å². The van der Waals surface area contributed by atoms with E-state index in [0.29, 0.717) is 23.8 Å². The molecule has 9 nitrogen and oxygen atoms in total. The summed E-state index contributed by atoms with van der Waals surface area (Å²) in [5, 5.41) is 20.5. The number of carbonyl (C=O) groups is 1. The Morgan fingerprint density at radius 3 is 2.38 bits per heavy atom. The lowest BCUT2D eigenvalue weighted by molar-refractivity contribution is 0.251. The van der Waals surface area contributed by atoms with Crippen molar-refractivity contribution in [1.29, 1.82) is 0 Å². The van der Waals surface area contributed by atoms with Crippen molar-refractivity contribution in [3.8, 4) is 17.2 Å². The van der Waals surface area contributed by atoms with E-state index in [1.165, 1.54) is 0 Å². The molecule has 0 unspecified atom stereocenters. The van der Waals surface area contributed by atoms with E-state index in [1.807, 2.05) is 88.5 Å². The number of urea groups is 1. The van der Waals surface area contributed by atoms with E-state index in [1.54, 1.807) is 51.3 Å². The Balaban J connectivity index is 1.28. The summed E-state index contributed by atoms with van der Waals surface area (Å²) in [6, 6.07) is 25.4. The van der Waals surface area contributed by atoms with E-state index >= 15 is 0 Å². The minimum atomic E-state index is -0.423. The predicted octanol–water partition coefficient (Wildman–Crippen LogP) is 7.67. The largest absolute Gasteiger partial charge is 0.508 e. The lowest BCUT2D eigenvalue weighted by atomic mass is 9.92. The molecule has 2 aromatic heterocycles. The highest BCUT2D eigenvalue weighted by Crippen LogP contribution is 2.28. The maximum Gasteiger partial charge on any atom is 0.320 e. The summed E-state index contributed by atoms with van der Waals surface area (Å²) in [6.07, 6.45) is 2.01. The summed E-state index contributed by atoms with van der Waals surface area (Å²) in [5.74, 6) is 0.865. The smallest absolute Gasteiger partial charge is 0.320 e. The van der Waals surface area contributed by atoms with Crippen LogP contribution in [0.2, 0.25) is 5.02 Å². The van der Waals surface area contributed by atoms with Crippen LogP contribution in [0, 0.1) is 6.92 Å².